The number of halogens is 2. The summed E-state index contributed by atoms with van der Waals surface area (Å²) >= 11 is 13.6. The summed E-state index contributed by atoms with van der Waals surface area (Å²) < 4.78 is 0. The van der Waals surface area contributed by atoms with Gasteiger partial charge in [0.25, 0.3) is 0 Å². The number of benzene rings is 2. The van der Waals surface area contributed by atoms with Crippen LogP contribution in [0.25, 0.3) is 0 Å². The second kappa shape index (κ2) is 12.5. The van der Waals surface area contributed by atoms with E-state index in [-0.39, 0.29) is 17.9 Å². The Morgan fingerprint density at radius 2 is 1.62 bits per heavy atom. The van der Waals surface area contributed by atoms with Gasteiger partial charge in [0.2, 0.25) is 11.8 Å². The third-order valence-corrected chi connectivity index (χ3v) is 7.27. The van der Waals surface area contributed by atoms with E-state index < -0.39 is 6.04 Å². The molecule has 0 aliphatic heterocycles. The van der Waals surface area contributed by atoms with E-state index >= 15 is 0 Å². The van der Waals surface area contributed by atoms with Crippen molar-refractivity contribution in [3.05, 3.63) is 64.1 Å². The highest BCUT2D eigenvalue weighted by molar-refractivity contribution is 7.99. The van der Waals surface area contributed by atoms with Gasteiger partial charge in [0.05, 0.1) is 0 Å². The molecule has 0 heterocycles. The quantitative estimate of drug-likeness (QED) is 0.393. The van der Waals surface area contributed by atoms with E-state index in [0.29, 0.717) is 35.2 Å². The maximum Gasteiger partial charge on any atom is 0.243 e. The zero-order valence-corrected chi connectivity index (χ0v) is 20.7. The molecular formula is C25H30Cl2N2O2S. The molecule has 1 aliphatic carbocycles. The second-order valence-corrected chi connectivity index (χ2v) is 10.2. The Hall–Kier alpha value is -1.69. The van der Waals surface area contributed by atoms with Crippen LogP contribution in [0.3, 0.4) is 0 Å². The Morgan fingerprint density at radius 3 is 2.22 bits per heavy atom. The van der Waals surface area contributed by atoms with Gasteiger partial charge in [-0.3, -0.25) is 9.59 Å². The first-order chi connectivity index (χ1) is 15.5. The molecule has 2 amide bonds. The minimum atomic E-state index is -0.487. The molecule has 4 nitrogen and oxygen atoms in total. The van der Waals surface area contributed by atoms with Crippen molar-refractivity contribution in [3.63, 3.8) is 0 Å². The van der Waals surface area contributed by atoms with Crippen LogP contribution in [0, 0.1) is 0 Å². The fourth-order valence-corrected chi connectivity index (χ4v) is 5.10. The van der Waals surface area contributed by atoms with Gasteiger partial charge in [0.15, 0.2) is 0 Å². The average Bonchev–Trinajstić information content (AvgIpc) is 3.29. The third kappa shape index (κ3) is 7.43. The lowest BCUT2D eigenvalue weighted by atomic mass is 10.1. The summed E-state index contributed by atoms with van der Waals surface area (Å²) in [7, 11) is 0. The van der Waals surface area contributed by atoms with Crippen LogP contribution in [0.1, 0.15) is 51.0 Å². The summed E-state index contributed by atoms with van der Waals surface area (Å²) in [6, 6.07) is 14.8. The number of rotatable bonds is 10. The lowest BCUT2D eigenvalue weighted by Crippen LogP contribution is -2.51. The van der Waals surface area contributed by atoms with Gasteiger partial charge in [-0.2, -0.15) is 0 Å². The zero-order chi connectivity index (χ0) is 22.9. The van der Waals surface area contributed by atoms with E-state index in [1.807, 2.05) is 55.5 Å². The topological polar surface area (TPSA) is 49.4 Å². The molecule has 0 bridgehead atoms. The van der Waals surface area contributed by atoms with Crippen LogP contribution in [-0.2, 0) is 16.1 Å². The fourth-order valence-electron chi connectivity index (χ4n) is 4.00. The van der Waals surface area contributed by atoms with Crippen LogP contribution in [0.5, 0.6) is 0 Å². The van der Waals surface area contributed by atoms with Gasteiger partial charge in [0, 0.05) is 39.7 Å². The van der Waals surface area contributed by atoms with Crippen molar-refractivity contribution >= 4 is 46.8 Å². The van der Waals surface area contributed by atoms with Crippen molar-refractivity contribution in [2.75, 3.05) is 5.75 Å². The van der Waals surface area contributed by atoms with Crippen LogP contribution >= 0.6 is 35.0 Å². The summed E-state index contributed by atoms with van der Waals surface area (Å²) in [5.41, 5.74) is 0.959. The first kappa shape index (κ1) is 24.9. The molecule has 1 aliphatic rings. The van der Waals surface area contributed by atoms with Crippen LogP contribution in [0.2, 0.25) is 10.0 Å². The minimum absolute atomic E-state index is 0.0187. The molecule has 7 heteroatoms. The molecule has 32 heavy (non-hydrogen) atoms. The third-order valence-electron chi connectivity index (χ3n) is 5.75. The zero-order valence-electron chi connectivity index (χ0n) is 18.4. The Bertz CT molecular complexity index is 884. The predicted molar refractivity (Wildman–Crippen MR) is 133 cm³/mol. The highest BCUT2D eigenvalue weighted by Crippen LogP contribution is 2.23. The molecule has 1 fully saturated rings. The van der Waals surface area contributed by atoms with Crippen LogP contribution < -0.4 is 5.32 Å². The van der Waals surface area contributed by atoms with E-state index in [1.165, 1.54) is 0 Å². The molecule has 1 N–H and O–H groups in total. The van der Waals surface area contributed by atoms with Crippen molar-refractivity contribution in [1.29, 1.82) is 0 Å². The average molecular weight is 494 g/mol. The number of amides is 2. The maximum atomic E-state index is 13.3. The largest absolute Gasteiger partial charge is 0.352 e. The summed E-state index contributed by atoms with van der Waals surface area (Å²) in [6.07, 6.45) is 5.26. The Balaban J connectivity index is 1.68. The molecular weight excluding hydrogens is 463 g/mol. The standard InChI is InChI=1S/C25H30Cl2N2O2S/c1-2-23(25(31)28-21-5-3-4-6-21)29(17-18-7-9-19(26)10-8-18)24(30)15-16-32-22-13-11-20(27)12-14-22/h7-14,21,23H,2-6,15-17H2,1H3,(H,28,31)/t23-/m1/s1. The molecule has 1 saturated carbocycles. The number of hydrogen-bond acceptors (Lipinski definition) is 3. The van der Waals surface area contributed by atoms with E-state index in [4.69, 9.17) is 23.2 Å². The SMILES string of the molecule is CC[C@H](C(=O)NC1CCCC1)N(Cc1ccc(Cl)cc1)C(=O)CCSc1ccc(Cl)cc1. The van der Waals surface area contributed by atoms with Gasteiger partial charge in [-0.1, -0.05) is 55.1 Å². The molecule has 0 spiro atoms. The first-order valence-corrected chi connectivity index (χ1v) is 12.9. The first-order valence-electron chi connectivity index (χ1n) is 11.2. The molecule has 2 aromatic rings. The molecule has 1 atom stereocenters. The van der Waals surface area contributed by atoms with Crippen LogP contribution in [0.4, 0.5) is 0 Å². The highest BCUT2D eigenvalue weighted by Gasteiger charge is 2.30. The molecule has 172 valence electrons. The van der Waals surface area contributed by atoms with Gasteiger partial charge < -0.3 is 10.2 Å². The molecule has 0 unspecified atom stereocenters. The molecule has 0 saturated heterocycles. The maximum absolute atomic E-state index is 13.3. The molecule has 2 aromatic carbocycles. The summed E-state index contributed by atoms with van der Waals surface area (Å²) in [5.74, 6) is 0.569. The number of nitrogens with zero attached hydrogens (tertiary/aromatic N) is 1. The monoisotopic (exact) mass is 492 g/mol. The number of thioether (sulfide) groups is 1. The van der Waals surface area contributed by atoms with Crippen molar-refractivity contribution < 1.29 is 9.59 Å². The van der Waals surface area contributed by atoms with Crippen molar-refractivity contribution in [1.82, 2.24) is 10.2 Å². The van der Waals surface area contributed by atoms with Gasteiger partial charge in [-0.25, -0.2) is 0 Å². The van der Waals surface area contributed by atoms with Gasteiger partial charge in [-0.15, -0.1) is 11.8 Å². The van der Waals surface area contributed by atoms with E-state index in [0.717, 1.165) is 36.1 Å². The smallest absolute Gasteiger partial charge is 0.243 e. The van der Waals surface area contributed by atoms with E-state index in [2.05, 4.69) is 5.32 Å². The van der Waals surface area contributed by atoms with Crippen LogP contribution in [-0.4, -0.2) is 34.6 Å². The normalized spacial score (nSPS) is 14.8. The Kier molecular flexibility index (Phi) is 9.76. The second-order valence-electron chi connectivity index (χ2n) is 8.11. The van der Waals surface area contributed by atoms with Crippen LogP contribution in [0.15, 0.2) is 53.4 Å². The van der Waals surface area contributed by atoms with Crippen molar-refractivity contribution in [2.45, 2.75) is 69.0 Å². The fraction of sp³-hybridized carbons (Fsp3) is 0.440. The van der Waals surface area contributed by atoms with Crippen molar-refractivity contribution in [3.8, 4) is 0 Å². The highest BCUT2D eigenvalue weighted by atomic mass is 35.5. The van der Waals surface area contributed by atoms with Gasteiger partial charge in [0.1, 0.15) is 6.04 Å². The summed E-state index contributed by atoms with van der Waals surface area (Å²) in [5, 5.41) is 4.52. The number of carbonyl (C=O) groups excluding carboxylic acids is 2. The number of carbonyl (C=O) groups is 2. The molecule has 0 aromatic heterocycles. The van der Waals surface area contributed by atoms with E-state index in [9.17, 15) is 9.59 Å². The minimum Gasteiger partial charge on any atom is -0.352 e. The lowest BCUT2D eigenvalue weighted by Gasteiger charge is -2.31. The Labute approximate surface area is 205 Å². The number of hydrogen-bond donors (Lipinski definition) is 1. The molecule has 3 rings (SSSR count). The Morgan fingerprint density at radius 1 is 1.03 bits per heavy atom. The van der Waals surface area contributed by atoms with Gasteiger partial charge >= 0.3 is 0 Å². The van der Waals surface area contributed by atoms with Crippen molar-refractivity contribution in [2.24, 2.45) is 0 Å². The summed E-state index contributed by atoms with van der Waals surface area (Å²) in [6.45, 7) is 2.35. The molecule has 0 radical (unpaired) electrons. The predicted octanol–water partition coefficient (Wildman–Crippen LogP) is 6.34. The van der Waals surface area contributed by atoms with E-state index in [1.54, 1.807) is 16.7 Å². The van der Waals surface area contributed by atoms with Gasteiger partial charge in [-0.05, 0) is 61.2 Å². The number of nitrogens with one attached hydrogen (secondary N) is 1. The summed E-state index contributed by atoms with van der Waals surface area (Å²) in [4.78, 5) is 29.2. The lowest BCUT2D eigenvalue weighted by molar-refractivity contribution is -0.141.